The Morgan fingerprint density at radius 1 is 1.41 bits per heavy atom. The van der Waals surface area contributed by atoms with Crippen molar-refractivity contribution in [2.45, 2.75) is 25.9 Å². The van der Waals surface area contributed by atoms with E-state index in [4.69, 9.17) is 4.74 Å². The summed E-state index contributed by atoms with van der Waals surface area (Å²) < 4.78 is 5.33. The molecule has 0 bridgehead atoms. The Labute approximate surface area is 102 Å². The van der Waals surface area contributed by atoms with E-state index in [0.29, 0.717) is 6.54 Å². The zero-order valence-electron chi connectivity index (χ0n) is 10.5. The number of rotatable bonds is 5. The van der Waals surface area contributed by atoms with E-state index in [1.54, 1.807) is 6.92 Å². The van der Waals surface area contributed by atoms with E-state index in [-0.39, 0.29) is 11.5 Å². The second kappa shape index (κ2) is 4.88. The van der Waals surface area contributed by atoms with Gasteiger partial charge in [0.25, 0.3) is 0 Å². The summed E-state index contributed by atoms with van der Waals surface area (Å²) >= 11 is 0. The first-order chi connectivity index (χ1) is 8.09. The van der Waals surface area contributed by atoms with Crippen molar-refractivity contribution in [3.8, 4) is 0 Å². The van der Waals surface area contributed by atoms with Crippen LogP contribution in [0.5, 0.6) is 0 Å². The second-order valence-corrected chi connectivity index (χ2v) is 4.91. The van der Waals surface area contributed by atoms with Crippen molar-refractivity contribution in [1.29, 1.82) is 0 Å². The van der Waals surface area contributed by atoms with Gasteiger partial charge in [-0.1, -0.05) is 30.3 Å². The summed E-state index contributed by atoms with van der Waals surface area (Å²) in [5, 5.41) is 0. The van der Waals surface area contributed by atoms with Crippen LogP contribution in [0.3, 0.4) is 0 Å². The van der Waals surface area contributed by atoms with Crippen LogP contribution in [0.25, 0.3) is 0 Å². The third-order valence-electron chi connectivity index (χ3n) is 3.12. The van der Waals surface area contributed by atoms with Gasteiger partial charge in [-0.25, -0.2) is 0 Å². The minimum atomic E-state index is -0.0949. The molecule has 92 valence electrons. The lowest BCUT2D eigenvalue weighted by Crippen LogP contribution is -2.38. The van der Waals surface area contributed by atoms with Crippen LogP contribution in [0.15, 0.2) is 30.3 Å². The number of carbonyl (C=O) groups excluding carboxylic acids is 1. The summed E-state index contributed by atoms with van der Waals surface area (Å²) in [5.74, 6) is 0.123. The molecule has 0 N–H and O–H groups in total. The second-order valence-electron chi connectivity index (χ2n) is 4.91. The van der Waals surface area contributed by atoms with E-state index in [0.717, 1.165) is 19.6 Å². The Morgan fingerprint density at radius 2 is 2.06 bits per heavy atom. The summed E-state index contributed by atoms with van der Waals surface area (Å²) in [6.07, 6.45) is 0.899. The van der Waals surface area contributed by atoms with Gasteiger partial charge in [-0.2, -0.15) is 0 Å². The lowest BCUT2D eigenvalue weighted by molar-refractivity contribution is -0.129. The maximum atomic E-state index is 11.5. The van der Waals surface area contributed by atoms with Crippen LogP contribution >= 0.6 is 0 Å². The number of hydrogen-bond donors (Lipinski definition) is 0. The van der Waals surface area contributed by atoms with Crippen LogP contribution < -0.4 is 0 Å². The molecule has 1 heterocycles. The zero-order valence-corrected chi connectivity index (χ0v) is 10.5. The molecule has 1 atom stereocenters. The van der Waals surface area contributed by atoms with Gasteiger partial charge < -0.3 is 9.64 Å². The highest BCUT2D eigenvalue weighted by Gasteiger charge is 2.41. The molecule has 1 fully saturated rings. The molecule has 3 heteroatoms. The van der Waals surface area contributed by atoms with Gasteiger partial charge >= 0.3 is 0 Å². The average Bonchev–Trinajstić information content (AvgIpc) is 3.04. The van der Waals surface area contributed by atoms with Gasteiger partial charge in [-0.15, -0.1) is 0 Å². The van der Waals surface area contributed by atoms with Gasteiger partial charge in [0, 0.05) is 13.5 Å². The Balaban J connectivity index is 1.87. The van der Waals surface area contributed by atoms with Gasteiger partial charge in [0.05, 0.1) is 13.2 Å². The van der Waals surface area contributed by atoms with E-state index in [1.165, 1.54) is 5.56 Å². The largest absolute Gasteiger partial charge is 0.368 e. The van der Waals surface area contributed by atoms with E-state index in [9.17, 15) is 4.79 Å². The van der Waals surface area contributed by atoms with Gasteiger partial charge in [0.2, 0.25) is 5.91 Å². The first-order valence-corrected chi connectivity index (χ1v) is 6.02. The summed E-state index contributed by atoms with van der Waals surface area (Å²) in [7, 11) is 0. The lowest BCUT2D eigenvalue weighted by Gasteiger charge is -2.23. The smallest absolute Gasteiger partial charge is 0.219 e. The highest BCUT2D eigenvalue weighted by atomic mass is 16.6. The molecular formula is C14H19NO2. The topological polar surface area (TPSA) is 32.8 Å². The molecule has 1 unspecified atom stereocenters. The van der Waals surface area contributed by atoms with Crippen molar-refractivity contribution in [2.75, 3.05) is 19.7 Å². The standard InChI is InChI=1S/C14H19NO2/c1-12(16)15(10-14(2)11-17-14)9-8-13-6-4-3-5-7-13/h3-7H,8-11H2,1-2H3. The molecule has 0 radical (unpaired) electrons. The molecule has 1 saturated heterocycles. The molecule has 1 aliphatic heterocycles. The van der Waals surface area contributed by atoms with Gasteiger partial charge in [-0.3, -0.25) is 4.79 Å². The third kappa shape index (κ3) is 3.56. The van der Waals surface area contributed by atoms with Crippen molar-refractivity contribution < 1.29 is 9.53 Å². The molecule has 1 amide bonds. The molecule has 0 saturated carbocycles. The van der Waals surface area contributed by atoms with Crippen molar-refractivity contribution in [3.63, 3.8) is 0 Å². The number of nitrogens with zero attached hydrogens (tertiary/aromatic N) is 1. The first-order valence-electron chi connectivity index (χ1n) is 6.02. The van der Waals surface area contributed by atoms with Crippen molar-refractivity contribution in [3.05, 3.63) is 35.9 Å². The third-order valence-corrected chi connectivity index (χ3v) is 3.12. The van der Waals surface area contributed by atoms with Crippen molar-refractivity contribution in [1.82, 2.24) is 4.90 Å². The molecule has 1 aromatic rings. The van der Waals surface area contributed by atoms with Crippen molar-refractivity contribution >= 4 is 5.91 Å². The normalized spacial score (nSPS) is 22.2. The van der Waals surface area contributed by atoms with Crippen LogP contribution in [-0.2, 0) is 16.0 Å². The van der Waals surface area contributed by atoms with Crippen LogP contribution in [0.1, 0.15) is 19.4 Å². The molecular weight excluding hydrogens is 214 g/mol. The van der Waals surface area contributed by atoms with E-state index < -0.39 is 0 Å². The Hall–Kier alpha value is -1.35. The fourth-order valence-corrected chi connectivity index (χ4v) is 1.87. The Morgan fingerprint density at radius 3 is 2.59 bits per heavy atom. The fraction of sp³-hybridized carbons (Fsp3) is 0.500. The number of hydrogen-bond acceptors (Lipinski definition) is 2. The zero-order chi connectivity index (χ0) is 12.3. The van der Waals surface area contributed by atoms with Gasteiger partial charge in [0.1, 0.15) is 5.60 Å². The predicted molar refractivity (Wildman–Crippen MR) is 66.8 cm³/mol. The Bertz CT molecular complexity index is 384. The molecule has 1 aliphatic rings. The molecule has 1 aromatic carbocycles. The minimum absolute atomic E-state index is 0.0949. The SMILES string of the molecule is CC(=O)N(CCc1ccccc1)CC1(C)CO1. The number of benzene rings is 1. The van der Waals surface area contributed by atoms with Crippen LogP contribution in [0.4, 0.5) is 0 Å². The van der Waals surface area contributed by atoms with E-state index in [2.05, 4.69) is 12.1 Å². The maximum Gasteiger partial charge on any atom is 0.219 e. The highest BCUT2D eigenvalue weighted by molar-refractivity contribution is 5.73. The first kappa shape index (κ1) is 12.1. The van der Waals surface area contributed by atoms with Crippen LogP contribution in [0.2, 0.25) is 0 Å². The number of carbonyl (C=O) groups is 1. The summed E-state index contributed by atoms with van der Waals surface area (Å²) in [6.45, 7) is 5.90. The highest BCUT2D eigenvalue weighted by Crippen LogP contribution is 2.26. The molecule has 2 rings (SSSR count). The number of ether oxygens (including phenoxy) is 1. The quantitative estimate of drug-likeness (QED) is 0.727. The van der Waals surface area contributed by atoms with Crippen molar-refractivity contribution in [2.24, 2.45) is 0 Å². The molecule has 0 aromatic heterocycles. The summed E-state index contributed by atoms with van der Waals surface area (Å²) in [4.78, 5) is 13.4. The van der Waals surface area contributed by atoms with Gasteiger partial charge in [0.15, 0.2) is 0 Å². The monoisotopic (exact) mass is 233 g/mol. The molecule has 0 spiro atoms. The van der Waals surface area contributed by atoms with Crippen LogP contribution in [0, 0.1) is 0 Å². The maximum absolute atomic E-state index is 11.5. The van der Waals surface area contributed by atoms with E-state index >= 15 is 0 Å². The predicted octanol–water partition coefficient (Wildman–Crippen LogP) is 1.87. The summed E-state index contributed by atoms with van der Waals surface area (Å²) in [5.41, 5.74) is 1.17. The summed E-state index contributed by atoms with van der Waals surface area (Å²) in [6, 6.07) is 10.2. The minimum Gasteiger partial charge on any atom is -0.368 e. The average molecular weight is 233 g/mol. The fourth-order valence-electron chi connectivity index (χ4n) is 1.87. The molecule has 0 aliphatic carbocycles. The Kier molecular flexibility index (Phi) is 3.48. The lowest BCUT2D eigenvalue weighted by atomic mass is 10.1. The molecule has 17 heavy (non-hydrogen) atoms. The van der Waals surface area contributed by atoms with Gasteiger partial charge in [-0.05, 0) is 18.9 Å². The van der Waals surface area contributed by atoms with E-state index in [1.807, 2.05) is 30.0 Å². The molecule has 3 nitrogen and oxygen atoms in total. The number of amides is 1. The van der Waals surface area contributed by atoms with Crippen LogP contribution in [-0.4, -0.2) is 36.1 Å². The number of epoxide rings is 1.